The molecule has 152 valence electrons. The third kappa shape index (κ3) is 4.98. The molecule has 7 heteroatoms. The maximum absolute atomic E-state index is 12.5. The van der Waals surface area contributed by atoms with Gasteiger partial charge in [-0.05, 0) is 42.5 Å². The van der Waals surface area contributed by atoms with Crippen LogP contribution in [0.1, 0.15) is 38.8 Å². The van der Waals surface area contributed by atoms with E-state index >= 15 is 0 Å². The van der Waals surface area contributed by atoms with Crippen molar-refractivity contribution in [1.82, 2.24) is 14.9 Å². The minimum absolute atomic E-state index is 0.0794. The van der Waals surface area contributed by atoms with Crippen molar-refractivity contribution in [2.75, 3.05) is 11.2 Å². The van der Waals surface area contributed by atoms with Gasteiger partial charge < -0.3 is 11.2 Å². The molecule has 0 spiro atoms. The molecule has 1 heterocycles. The number of nitrogens with two attached hydrogens (primary N) is 1. The minimum atomic E-state index is -0.377. The number of aromatic nitrogens is 3. The monoisotopic (exact) mass is 409 g/mol. The summed E-state index contributed by atoms with van der Waals surface area (Å²) in [5, 5.41) is 11.4. The summed E-state index contributed by atoms with van der Waals surface area (Å²) in [6.07, 6.45) is 0. The average Bonchev–Trinajstić information content (AvgIpc) is 3.01. The van der Waals surface area contributed by atoms with Gasteiger partial charge >= 0.3 is 0 Å². The average molecular weight is 410 g/mol. The van der Waals surface area contributed by atoms with Crippen LogP contribution in [0.3, 0.4) is 0 Å². The Morgan fingerprint density at radius 3 is 2.45 bits per heavy atom. The molecule has 2 aromatic carbocycles. The van der Waals surface area contributed by atoms with Crippen molar-refractivity contribution in [2.45, 2.75) is 50.4 Å². The largest absolute Gasteiger partial charge is 0.335 e. The number of nitrogens with zero attached hydrogens (tertiary/aromatic N) is 3. The lowest BCUT2D eigenvalue weighted by Gasteiger charge is -2.19. The van der Waals surface area contributed by atoms with Crippen LogP contribution in [0.4, 0.5) is 5.69 Å². The number of aryl methyl sites for hydroxylation is 1. The maximum atomic E-state index is 12.5. The normalized spacial score (nSPS) is 12.6. The van der Waals surface area contributed by atoms with Crippen LogP contribution in [0.2, 0.25) is 0 Å². The first-order valence-electron chi connectivity index (χ1n) is 9.51. The van der Waals surface area contributed by atoms with E-state index in [2.05, 4.69) is 48.4 Å². The van der Waals surface area contributed by atoms with Gasteiger partial charge in [0.2, 0.25) is 11.1 Å². The van der Waals surface area contributed by atoms with E-state index in [1.807, 2.05) is 50.2 Å². The zero-order valence-electron chi connectivity index (χ0n) is 17.4. The highest BCUT2D eigenvalue weighted by molar-refractivity contribution is 8.00. The van der Waals surface area contributed by atoms with Gasteiger partial charge in [0.1, 0.15) is 0 Å². The molecule has 0 aliphatic rings. The Labute approximate surface area is 175 Å². The van der Waals surface area contributed by atoms with Crippen LogP contribution in [0.15, 0.2) is 53.7 Å². The Bertz CT molecular complexity index is 1000. The second-order valence-corrected chi connectivity index (χ2v) is 9.43. The van der Waals surface area contributed by atoms with Crippen LogP contribution in [-0.2, 0) is 10.2 Å². The molecule has 0 radical (unpaired) electrons. The van der Waals surface area contributed by atoms with E-state index in [1.54, 1.807) is 0 Å². The molecule has 1 aromatic heterocycles. The Balaban J connectivity index is 1.71. The van der Waals surface area contributed by atoms with E-state index in [0.29, 0.717) is 11.0 Å². The lowest BCUT2D eigenvalue weighted by atomic mass is 9.87. The Morgan fingerprint density at radius 1 is 1.14 bits per heavy atom. The van der Waals surface area contributed by atoms with Crippen molar-refractivity contribution in [3.8, 4) is 11.4 Å². The van der Waals surface area contributed by atoms with Crippen LogP contribution in [-0.4, -0.2) is 26.0 Å². The fourth-order valence-corrected chi connectivity index (χ4v) is 3.62. The zero-order valence-corrected chi connectivity index (χ0v) is 18.2. The Kier molecular flexibility index (Phi) is 5.98. The van der Waals surface area contributed by atoms with E-state index in [9.17, 15) is 4.79 Å². The molecule has 3 N–H and O–H groups in total. The molecular weight excluding hydrogens is 382 g/mol. The van der Waals surface area contributed by atoms with Gasteiger partial charge in [0.25, 0.3) is 0 Å². The summed E-state index contributed by atoms with van der Waals surface area (Å²) < 4.78 is 1.44. The molecule has 0 aliphatic heterocycles. The second-order valence-electron chi connectivity index (χ2n) is 8.12. The standard InChI is InChI=1S/C22H27N5OS/c1-14-7-6-8-18(13-14)24-20(28)15(2)29-21-26-25-19(27(21)23)16-9-11-17(12-10-16)22(3,4)5/h6-13,15H,23H2,1-5H3,(H,24,28)/t15-/m0/s1. The van der Waals surface area contributed by atoms with Crippen LogP contribution < -0.4 is 11.2 Å². The zero-order chi connectivity index (χ0) is 21.2. The quantitative estimate of drug-likeness (QED) is 0.482. The van der Waals surface area contributed by atoms with Gasteiger partial charge in [-0.1, -0.05) is 68.9 Å². The Morgan fingerprint density at radius 2 is 1.83 bits per heavy atom. The molecule has 6 nitrogen and oxygen atoms in total. The molecule has 0 fully saturated rings. The molecule has 29 heavy (non-hydrogen) atoms. The third-order valence-corrected chi connectivity index (χ3v) is 5.67. The number of carbonyl (C=O) groups excluding carboxylic acids is 1. The molecule has 0 saturated heterocycles. The number of nitrogens with one attached hydrogen (secondary N) is 1. The summed E-state index contributed by atoms with van der Waals surface area (Å²) in [7, 11) is 0. The van der Waals surface area contributed by atoms with Crippen LogP contribution in [0.5, 0.6) is 0 Å². The van der Waals surface area contributed by atoms with E-state index in [-0.39, 0.29) is 16.6 Å². The smallest absolute Gasteiger partial charge is 0.237 e. The molecule has 1 amide bonds. The summed E-state index contributed by atoms with van der Waals surface area (Å²) in [5.74, 6) is 6.68. The van der Waals surface area contributed by atoms with Gasteiger partial charge in [-0.2, -0.15) is 0 Å². The van der Waals surface area contributed by atoms with Crippen LogP contribution in [0.25, 0.3) is 11.4 Å². The highest BCUT2D eigenvalue weighted by Crippen LogP contribution is 2.28. The molecule has 0 aliphatic carbocycles. The van der Waals surface area contributed by atoms with E-state index in [1.165, 1.54) is 22.0 Å². The summed E-state index contributed by atoms with van der Waals surface area (Å²) in [6.45, 7) is 10.3. The Hall–Kier alpha value is -2.80. The van der Waals surface area contributed by atoms with Crippen molar-refractivity contribution in [2.24, 2.45) is 0 Å². The number of thioether (sulfide) groups is 1. The second kappa shape index (κ2) is 8.29. The predicted molar refractivity (Wildman–Crippen MR) is 119 cm³/mol. The van der Waals surface area contributed by atoms with Crippen molar-refractivity contribution in [3.05, 3.63) is 59.7 Å². The van der Waals surface area contributed by atoms with Gasteiger partial charge in [-0.15, -0.1) is 10.2 Å². The fourth-order valence-electron chi connectivity index (χ4n) is 2.85. The number of rotatable bonds is 5. The van der Waals surface area contributed by atoms with Gasteiger partial charge in [-0.25, -0.2) is 4.68 Å². The van der Waals surface area contributed by atoms with Gasteiger partial charge in [0.15, 0.2) is 5.82 Å². The number of hydrogen-bond acceptors (Lipinski definition) is 5. The molecule has 0 saturated carbocycles. The molecule has 1 atom stereocenters. The maximum Gasteiger partial charge on any atom is 0.237 e. The van der Waals surface area contributed by atoms with Crippen LogP contribution in [0, 0.1) is 6.92 Å². The molecule has 0 unspecified atom stereocenters. The summed E-state index contributed by atoms with van der Waals surface area (Å²) in [5.41, 5.74) is 4.07. The van der Waals surface area contributed by atoms with Gasteiger partial charge in [-0.3, -0.25) is 4.79 Å². The van der Waals surface area contributed by atoms with Crippen molar-refractivity contribution < 1.29 is 4.79 Å². The molecular formula is C22H27N5OS. The molecule has 3 rings (SSSR count). The lowest BCUT2D eigenvalue weighted by molar-refractivity contribution is -0.115. The lowest BCUT2D eigenvalue weighted by Crippen LogP contribution is -2.23. The summed E-state index contributed by atoms with van der Waals surface area (Å²) in [6, 6.07) is 15.8. The number of carbonyl (C=O) groups is 1. The highest BCUT2D eigenvalue weighted by Gasteiger charge is 2.20. The highest BCUT2D eigenvalue weighted by atomic mass is 32.2. The summed E-state index contributed by atoms with van der Waals surface area (Å²) >= 11 is 1.28. The first-order chi connectivity index (χ1) is 13.6. The van der Waals surface area contributed by atoms with E-state index < -0.39 is 0 Å². The predicted octanol–water partition coefficient (Wildman–Crippen LogP) is 4.38. The topological polar surface area (TPSA) is 85.8 Å². The number of hydrogen-bond donors (Lipinski definition) is 2. The SMILES string of the molecule is Cc1cccc(NC(=O)[C@H](C)Sc2nnc(-c3ccc(C(C)(C)C)cc3)n2N)c1. The fraction of sp³-hybridized carbons (Fsp3) is 0.318. The summed E-state index contributed by atoms with van der Waals surface area (Å²) in [4.78, 5) is 12.5. The number of anilines is 1. The molecule has 3 aromatic rings. The minimum Gasteiger partial charge on any atom is -0.335 e. The van der Waals surface area contributed by atoms with Gasteiger partial charge in [0.05, 0.1) is 5.25 Å². The van der Waals surface area contributed by atoms with Crippen molar-refractivity contribution >= 4 is 23.4 Å². The first kappa shape index (κ1) is 20.9. The van der Waals surface area contributed by atoms with E-state index in [4.69, 9.17) is 5.84 Å². The van der Waals surface area contributed by atoms with Crippen molar-refractivity contribution in [3.63, 3.8) is 0 Å². The molecule has 0 bridgehead atoms. The van der Waals surface area contributed by atoms with Crippen molar-refractivity contribution in [1.29, 1.82) is 0 Å². The third-order valence-electron chi connectivity index (χ3n) is 4.61. The van der Waals surface area contributed by atoms with E-state index in [0.717, 1.165) is 16.8 Å². The van der Waals surface area contributed by atoms with Crippen LogP contribution >= 0.6 is 11.8 Å². The number of amides is 1. The number of nitrogen functional groups attached to an aromatic ring is 1. The number of benzene rings is 2. The van der Waals surface area contributed by atoms with Gasteiger partial charge in [0, 0.05) is 11.3 Å². The first-order valence-corrected chi connectivity index (χ1v) is 10.4.